The lowest BCUT2D eigenvalue weighted by molar-refractivity contribution is 0.0397. The van der Waals surface area contributed by atoms with E-state index in [4.69, 9.17) is 4.74 Å². The van der Waals surface area contributed by atoms with Crippen LogP contribution in [0.15, 0.2) is 23.3 Å². The van der Waals surface area contributed by atoms with Gasteiger partial charge in [0, 0.05) is 5.56 Å². The van der Waals surface area contributed by atoms with Gasteiger partial charge in [-0.3, -0.25) is 5.01 Å². The van der Waals surface area contributed by atoms with Crippen LogP contribution in [0.25, 0.3) is 0 Å². The lowest BCUT2D eigenvalue weighted by atomic mass is 10.2. The van der Waals surface area contributed by atoms with Gasteiger partial charge in [-0.1, -0.05) is 6.07 Å². The first-order valence-electron chi connectivity index (χ1n) is 5.11. The molecule has 86 valence electrons. The lowest BCUT2D eigenvalue weighted by Crippen LogP contribution is -2.32. The number of para-hydroxylation sites is 1. The van der Waals surface area contributed by atoms with Crippen molar-refractivity contribution in [2.24, 2.45) is 5.10 Å². The van der Waals surface area contributed by atoms with Gasteiger partial charge in [0.15, 0.2) is 11.6 Å². The lowest BCUT2D eigenvalue weighted by Gasteiger charge is -2.23. The molecule has 0 bridgehead atoms. The van der Waals surface area contributed by atoms with Gasteiger partial charge in [-0.25, -0.2) is 4.39 Å². The molecule has 0 unspecified atom stereocenters. The first-order chi connectivity index (χ1) is 7.77. The molecule has 16 heavy (non-hydrogen) atoms. The Kier molecular flexibility index (Phi) is 3.36. The van der Waals surface area contributed by atoms with Crippen molar-refractivity contribution in [2.75, 3.05) is 26.3 Å². The Labute approximate surface area is 92.9 Å². The molecule has 2 rings (SSSR count). The summed E-state index contributed by atoms with van der Waals surface area (Å²) in [6.45, 7) is 2.72. The van der Waals surface area contributed by atoms with Crippen LogP contribution >= 0.6 is 0 Å². The molecule has 0 aromatic heterocycles. The van der Waals surface area contributed by atoms with Crippen LogP contribution in [0.4, 0.5) is 4.39 Å². The second-order valence-corrected chi connectivity index (χ2v) is 3.49. The SMILES string of the molecule is Oc1c(F)cccc1C=NN1CCOCC1. The predicted octanol–water partition coefficient (Wildman–Crippen LogP) is 1.20. The largest absolute Gasteiger partial charge is 0.504 e. The van der Waals surface area contributed by atoms with E-state index in [0.29, 0.717) is 31.9 Å². The van der Waals surface area contributed by atoms with Crippen LogP contribution in [0.5, 0.6) is 5.75 Å². The Balaban J connectivity index is 2.07. The summed E-state index contributed by atoms with van der Waals surface area (Å²) in [6, 6.07) is 4.36. The molecule has 1 fully saturated rings. The van der Waals surface area contributed by atoms with Crippen molar-refractivity contribution in [3.63, 3.8) is 0 Å². The minimum absolute atomic E-state index is 0.362. The summed E-state index contributed by atoms with van der Waals surface area (Å²) in [5.74, 6) is -0.995. The number of hydrogen-bond donors (Lipinski definition) is 1. The third-order valence-corrected chi connectivity index (χ3v) is 2.37. The molecule has 1 heterocycles. The second kappa shape index (κ2) is 4.94. The van der Waals surface area contributed by atoms with Crippen molar-refractivity contribution < 1.29 is 14.2 Å². The fourth-order valence-corrected chi connectivity index (χ4v) is 1.45. The molecule has 1 N–H and O–H groups in total. The number of rotatable bonds is 2. The summed E-state index contributed by atoms with van der Waals surface area (Å²) < 4.78 is 18.2. The van der Waals surface area contributed by atoms with E-state index in [1.165, 1.54) is 18.3 Å². The fraction of sp³-hybridized carbons (Fsp3) is 0.364. The van der Waals surface area contributed by atoms with Crippen molar-refractivity contribution in [1.29, 1.82) is 0 Å². The van der Waals surface area contributed by atoms with E-state index in [1.807, 2.05) is 5.01 Å². The average Bonchev–Trinajstić information content (AvgIpc) is 2.32. The van der Waals surface area contributed by atoms with Crippen LogP contribution in [0.3, 0.4) is 0 Å². The standard InChI is InChI=1S/C11H13FN2O2/c12-10-3-1-2-9(11(10)15)8-13-14-4-6-16-7-5-14/h1-3,8,15H,4-7H2. The molecule has 0 radical (unpaired) electrons. The van der Waals surface area contributed by atoms with Crippen LogP contribution in [0.2, 0.25) is 0 Å². The van der Waals surface area contributed by atoms with Crippen LogP contribution in [-0.4, -0.2) is 42.6 Å². The summed E-state index contributed by atoms with van der Waals surface area (Å²) >= 11 is 0. The molecule has 5 heteroatoms. The number of hydrazone groups is 1. The van der Waals surface area contributed by atoms with Crippen molar-refractivity contribution in [1.82, 2.24) is 5.01 Å². The third kappa shape index (κ3) is 2.49. The third-order valence-electron chi connectivity index (χ3n) is 2.37. The number of morpholine rings is 1. The van der Waals surface area contributed by atoms with E-state index in [1.54, 1.807) is 6.07 Å². The van der Waals surface area contributed by atoms with Crippen molar-refractivity contribution >= 4 is 6.21 Å². The maximum Gasteiger partial charge on any atom is 0.165 e. The van der Waals surface area contributed by atoms with Crippen molar-refractivity contribution in [3.8, 4) is 5.75 Å². The first-order valence-corrected chi connectivity index (χ1v) is 5.11. The number of halogens is 1. The topological polar surface area (TPSA) is 45.1 Å². The summed E-state index contributed by atoms with van der Waals surface area (Å²) in [7, 11) is 0. The molecule has 1 aromatic rings. The van der Waals surface area contributed by atoms with Gasteiger partial charge in [0.1, 0.15) is 0 Å². The van der Waals surface area contributed by atoms with E-state index < -0.39 is 5.82 Å². The van der Waals surface area contributed by atoms with Crippen molar-refractivity contribution in [2.45, 2.75) is 0 Å². The van der Waals surface area contributed by atoms with E-state index in [2.05, 4.69) is 5.10 Å². The van der Waals surface area contributed by atoms with Gasteiger partial charge >= 0.3 is 0 Å². The number of phenolic OH excluding ortho intramolecular Hbond substituents is 1. The maximum absolute atomic E-state index is 13.0. The summed E-state index contributed by atoms with van der Waals surface area (Å²) in [5, 5.41) is 15.4. The van der Waals surface area contributed by atoms with Gasteiger partial charge in [0.2, 0.25) is 0 Å². The highest BCUT2D eigenvalue weighted by molar-refractivity contribution is 5.83. The molecule has 0 amide bonds. The zero-order valence-electron chi connectivity index (χ0n) is 8.77. The molecule has 1 aliphatic rings. The predicted molar refractivity (Wildman–Crippen MR) is 58.1 cm³/mol. The number of phenols is 1. The van der Waals surface area contributed by atoms with Gasteiger partial charge < -0.3 is 9.84 Å². The van der Waals surface area contributed by atoms with Gasteiger partial charge in [0.25, 0.3) is 0 Å². The molecule has 0 atom stereocenters. The second-order valence-electron chi connectivity index (χ2n) is 3.49. The van der Waals surface area contributed by atoms with Gasteiger partial charge in [-0.05, 0) is 12.1 Å². The average molecular weight is 224 g/mol. The molecule has 1 aliphatic heterocycles. The van der Waals surface area contributed by atoms with Crippen LogP contribution in [0, 0.1) is 5.82 Å². The Bertz CT molecular complexity index is 390. The summed E-state index contributed by atoms with van der Waals surface area (Å²) in [6.07, 6.45) is 1.46. The van der Waals surface area contributed by atoms with E-state index in [9.17, 15) is 9.50 Å². The monoisotopic (exact) mass is 224 g/mol. The maximum atomic E-state index is 13.0. The van der Waals surface area contributed by atoms with Crippen LogP contribution < -0.4 is 0 Å². The highest BCUT2D eigenvalue weighted by Gasteiger charge is 2.08. The molecular formula is C11H13FN2O2. The number of nitrogens with zero attached hydrogens (tertiary/aromatic N) is 2. The Hall–Kier alpha value is -1.62. The van der Waals surface area contributed by atoms with Crippen LogP contribution in [0.1, 0.15) is 5.56 Å². The van der Waals surface area contributed by atoms with Gasteiger partial charge in [0.05, 0.1) is 32.5 Å². The molecule has 1 saturated heterocycles. The Morgan fingerprint density at radius 3 is 2.88 bits per heavy atom. The zero-order valence-corrected chi connectivity index (χ0v) is 8.77. The Morgan fingerprint density at radius 1 is 1.38 bits per heavy atom. The number of aromatic hydroxyl groups is 1. The highest BCUT2D eigenvalue weighted by atomic mass is 19.1. The minimum atomic E-state index is -0.633. The minimum Gasteiger partial charge on any atom is -0.504 e. The van der Waals surface area contributed by atoms with Gasteiger partial charge in [-0.15, -0.1) is 0 Å². The Morgan fingerprint density at radius 2 is 2.12 bits per heavy atom. The summed E-state index contributed by atoms with van der Waals surface area (Å²) in [4.78, 5) is 0. The molecule has 0 spiro atoms. The van der Waals surface area contributed by atoms with Gasteiger partial charge in [-0.2, -0.15) is 5.10 Å². The number of ether oxygens (including phenoxy) is 1. The zero-order chi connectivity index (χ0) is 11.4. The number of hydrogen-bond acceptors (Lipinski definition) is 4. The van der Waals surface area contributed by atoms with E-state index in [0.717, 1.165) is 0 Å². The van der Waals surface area contributed by atoms with E-state index >= 15 is 0 Å². The normalized spacial score (nSPS) is 16.9. The smallest absolute Gasteiger partial charge is 0.165 e. The summed E-state index contributed by atoms with van der Waals surface area (Å²) in [5.41, 5.74) is 0.381. The highest BCUT2D eigenvalue weighted by Crippen LogP contribution is 2.18. The van der Waals surface area contributed by atoms with E-state index in [-0.39, 0.29) is 5.75 Å². The quantitative estimate of drug-likeness (QED) is 0.768. The first kappa shape index (κ1) is 10.9. The molecule has 4 nitrogen and oxygen atoms in total. The van der Waals surface area contributed by atoms with Crippen molar-refractivity contribution in [3.05, 3.63) is 29.6 Å². The molecule has 0 aliphatic carbocycles. The number of benzene rings is 1. The molecular weight excluding hydrogens is 211 g/mol. The fourth-order valence-electron chi connectivity index (χ4n) is 1.45. The van der Waals surface area contributed by atoms with Crippen LogP contribution in [-0.2, 0) is 4.74 Å². The molecule has 1 aromatic carbocycles. The molecule has 0 saturated carbocycles.